The highest BCUT2D eigenvalue weighted by molar-refractivity contribution is 5.99. The lowest BCUT2D eigenvalue weighted by Crippen LogP contribution is -2.66. The number of rotatable bonds is 3. The van der Waals surface area contributed by atoms with Gasteiger partial charge in [-0.3, -0.25) is 4.79 Å². The number of Topliss-reactive ketones (excluding diaryl/α,β-unsaturated/α-hetero) is 1. The smallest absolute Gasteiger partial charge is 0.355 e. The first-order valence-corrected chi connectivity index (χ1v) is 13.9. The zero-order valence-electron chi connectivity index (χ0n) is 24.0. The minimum atomic E-state index is -2.17. The van der Waals surface area contributed by atoms with Gasteiger partial charge in [0.2, 0.25) is 0 Å². The van der Waals surface area contributed by atoms with Crippen LogP contribution >= 0.6 is 0 Å². The molecule has 0 radical (unpaired) electrons. The van der Waals surface area contributed by atoms with Crippen molar-refractivity contribution in [3.8, 4) is 0 Å². The lowest BCUT2D eigenvalue weighted by Gasteiger charge is -2.51. The summed E-state index contributed by atoms with van der Waals surface area (Å²) < 4.78 is 7.89. The number of benzene rings is 1. The van der Waals surface area contributed by atoms with Gasteiger partial charge in [-0.25, -0.2) is 4.79 Å². The average molecular weight is 536 g/mol. The van der Waals surface area contributed by atoms with Gasteiger partial charge in [-0.15, -0.1) is 0 Å². The summed E-state index contributed by atoms with van der Waals surface area (Å²) in [6.07, 6.45) is 1.99. The molecule has 7 heteroatoms. The van der Waals surface area contributed by atoms with E-state index in [1.807, 2.05) is 45.0 Å². The number of ketones is 1. The van der Waals surface area contributed by atoms with Gasteiger partial charge in [0.15, 0.2) is 17.5 Å². The Bertz CT molecular complexity index is 1380. The molecule has 3 aliphatic carbocycles. The van der Waals surface area contributed by atoms with Crippen LogP contribution in [-0.4, -0.2) is 56.1 Å². The zero-order chi connectivity index (χ0) is 28.7. The third-order valence-corrected chi connectivity index (χ3v) is 10.5. The summed E-state index contributed by atoms with van der Waals surface area (Å²) in [4.78, 5) is 28.4. The lowest BCUT2D eigenvalue weighted by atomic mass is 9.54. The molecule has 1 fully saturated rings. The minimum absolute atomic E-state index is 0.0979. The van der Waals surface area contributed by atoms with Crippen LogP contribution < -0.4 is 0 Å². The molecule has 0 unspecified atom stereocenters. The molecule has 3 aliphatic rings. The van der Waals surface area contributed by atoms with E-state index in [-0.39, 0.29) is 28.6 Å². The van der Waals surface area contributed by atoms with Crippen LogP contribution in [0.2, 0.25) is 0 Å². The van der Waals surface area contributed by atoms with Gasteiger partial charge in [-0.05, 0) is 66.7 Å². The number of carbonyl (C=O) groups excluding carboxylic acids is 2. The van der Waals surface area contributed by atoms with Crippen molar-refractivity contribution in [1.82, 2.24) is 4.57 Å². The van der Waals surface area contributed by atoms with Crippen LogP contribution in [-0.2, 0) is 16.6 Å². The summed E-state index contributed by atoms with van der Waals surface area (Å²) >= 11 is 0. The molecule has 2 bridgehead atoms. The first-order valence-electron chi connectivity index (χ1n) is 13.9. The highest BCUT2D eigenvalue weighted by atomic mass is 16.6. The maximum atomic E-state index is 14.6. The Labute approximate surface area is 230 Å². The Morgan fingerprint density at radius 3 is 2.49 bits per heavy atom. The number of hydrogen-bond donors (Lipinski definition) is 3. The summed E-state index contributed by atoms with van der Waals surface area (Å²) in [5.74, 6) is -1.90. The molecule has 0 amide bonds. The van der Waals surface area contributed by atoms with Crippen molar-refractivity contribution in [1.29, 1.82) is 0 Å². The second kappa shape index (κ2) is 9.15. The average Bonchev–Trinajstić information content (AvgIpc) is 3.27. The number of nitrogens with zero attached hydrogens (tertiary/aromatic N) is 1. The van der Waals surface area contributed by atoms with Crippen molar-refractivity contribution >= 4 is 22.7 Å². The molecule has 7 nitrogen and oxygen atoms in total. The fraction of sp³-hybridized carbons (Fsp3) is 0.562. The van der Waals surface area contributed by atoms with Crippen molar-refractivity contribution in [2.45, 2.75) is 72.2 Å². The second-order valence-electron chi connectivity index (χ2n) is 12.8. The Kier molecular flexibility index (Phi) is 6.52. The summed E-state index contributed by atoms with van der Waals surface area (Å²) in [5, 5.41) is 35.7. The highest BCUT2D eigenvalue weighted by Gasteiger charge is 2.72. The fourth-order valence-corrected chi connectivity index (χ4v) is 7.75. The van der Waals surface area contributed by atoms with E-state index in [2.05, 4.69) is 13.8 Å². The maximum Gasteiger partial charge on any atom is 0.355 e. The Hall–Kier alpha value is -2.74. The van der Waals surface area contributed by atoms with Crippen molar-refractivity contribution in [3.05, 3.63) is 58.8 Å². The number of para-hydroxylation sites is 1. The number of ether oxygens (including phenoxy) is 1. The topological polar surface area (TPSA) is 109 Å². The van der Waals surface area contributed by atoms with Gasteiger partial charge in [0, 0.05) is 23.9 Å². The van der Waals surface area contributed by atoms with Crippen LogP contribution in [0.15, 0.2) is 47.6 Å². The van der Waals surface area contributed by atoms with Gasteiger partial charge in [-0.2, -0.15) is 0 Å². The largest absolute Gasteiger partial charge is 0.450 e. The van der Waals surface area contributed by atoms with E-state index in [1.165, 1.54) is 0 Å². The molecule has 3 N–H and O–H groups in total. The third-order valence-electron chi connectivity index (χ3n) is 10.5. The summed E-state index contributed by atoms with van der Waals surface area (Å²) in [6.45, 7) is 11.3. The molecule has 1 heterocycles. The normalized spacial score (nSPS) is 35.9. The summed E-state index contributed by atoms with van der Waals surface area (Å²) in [6, 6.07) is 7.67. The van der Waals surface area contributed by atoms with E-state index in [1.54, 1.807) is 30.7 Å². The van der Waals surface area contributed by atoms with E-state index >= 15 is 0 Å². The zero-order valence-corrected chi connectivity index (χ0v) is 24.0. The highest BCUT2D eigenvalue weighted by Crippen LogP contribution is 2.61. The minimum Gasteiger partial charge on any atom is -0.450 e. The molecule has 1 aromatic carbocycles. The monoisotopic (exact) mass is 535 g/mol. The lowest BCUT2D eigenvalue weighted by molar-refractivity contribution is -0.194. The molecular weight excluding hydrogens is 494 g/mol. The number of aryl methyl sites for hydroxylation is 2. The van der Waals surface area contributed by atoms with Crippen LogP contribution in [0.25, 0.3) is 10.9 Å². The van der Waals surface area contributed by atoms with Crippen LogP contribution in [0.1, 0.15) is 63.5 Å². The van der Waals surface area contributed by atoms with E-state index in [0.29, 0.717) is 17.7 Å². The molecule has 1 spiro atoms. The number of aliphatic hydroxyl groups is 3. The van der Waals surface area contributed by atoms with Crippen LogP contribution in [0, 0.1) is 35.5 Å². The van der Waals surface area contributed by atoms with Gasteiger partial charge in [0.25, 0.3) is 0 Å². The summed E-state index contributed by atoms with van der Waals surface area (Å²) in [7, 11) is 1.79. The molecule has 5 rings (SSSR count). The molecular formula is C32H41NO6. The van der Waals surface area contributed by atoms with Crippen LogP contribution in [0.5, 0.6) is 0 Å². The number of hydrogen-bond acceptors (Lipinski definition) is 6. The second-order valence-corrected chi connectivity index (χ2v) is 12.8. The Morgan fingerprint density at radius 1 is 1.18 bits per heavy atom. The molecule has 39 heavy (non-hydrogen) atoms. The van der Waals surface area contributed by atoms with Crippen LogP contribution in [0.4, 0.5) is 0 Å². The number of aliphatic hydroxyl groups excluding tert-OH is 2. The van der Waals surface area contributed by atoms with E-state index in [4.69, 9.17) is 4.74 Å². The number of esters is 1. The SMILES string of the molecule is CC1=C[C@]23C(=O)[C@@H](C=C(CO)[C@@H](O)[C@]2(O)[C@H]1OC(=O)c1c(C)c2ccccc2n1C)[C@@H](C)C(C)(C)CC[C@H]3C. The molecule has 2 aromatic rings. The first kappa shape index (κ1) is 27.8. The van der Waals surface area contributed by atoms with Gasteiger partial charge in [-0.1, -0.05) is 58.0 Å². The Balaban J connectivity index is 1.66. The molecule has 7 atom stereocenters. The number of fused-ring (bicyclic) bond motifs is 2. The quantitative estimate of drug-likeness (QED) is 0.400. The van der Waals surface area contributed by atoms with E-state index < -0.39 is 41.7 Å². The molecule has 0 aliphatic heterocycles. The first-order chi connectivity index (χ1) is 18.2. The van der Waals surface area contributed by atoms with Gasteiger partial charge in [0.05, 0.1) is 12.0 Å². The standard InChI is InChI=1S/C32H41NO6/c1-17-15-31-18(2)12-13-30(5,6)20(4)23(27(31)36)14-21(16-34)26(35)32(31,38)28(17)39-29(37)25-19(3)22-10-8-9-11-24(22)33(25)7/h8-11,14-15,18,20,23,26,28,34-35,38H,12-13,16H2,1-7H3/t18-,20-,23+,26-,28+,31+,32+/m1/s1. The van der Waals surface area contributed by atoms with Crippen molar-refractivity contribution in [2.24, 2.45) is 35.6 Å². The van der Waals surface area contributed by atoms with E-state index in [0.717, 1.165) is 22.9 Å². The van der Waals surface area contributed by atoms with Gasteiger partial charge >= 0.3 is 5.97 Å². The number of carbonyl (C=O) groups is 2. The fourth-order valence-electron chi connectivity index (χ4n) is 7.75. The Morgan fingerprint density at radius 2 is 1.85 bits per heavy atom. The van der Waals surface area contributed by atoms with Crippen molar-refractivity contribution in [3.63, 3.8) is 0 Å². The predicted molar refractivity (Wildman–Crippen MR) is 149 cm³/mol. The van der Waals surface area contributed by atoms with Gasteiger partial charge in [0.1, 0.15) is 11.8 Å². The number of allylic oxidation sites excluding steroid dienone is 1. The summed E-state index contributed by atoms with van der Waals surface area (Å²) in [5.41, 5.74) is -1.16. The van der Waals surface area contributed by atoms with Crippen molar-refractivity contribution in [2.75, 3.05) is 6.61 Å². The number of aromatic nitrogens is 1. The van der Waals surface area contributed by atoms with Gasteiger partial charge < -0.3 is 24.6 Å². The molecule has 1 saturated carbocycles. The third kappa shape index (κ3) is 3.59. The molecule has 210 valence electrons. The molecule has 1 aromatic heterocycles. The predicted octanol–water partition coefficient (Wildman–Crippen LogP) is 4.26. The molecule has 0 saturated heterocycles. The maximum absolute atomic E-state index is 14.6. The van der Waals surface area contributed by atoms with Crippen molar-refractivity contribution < 1.29 is 29.6 Å². The van der Waals surface area contributed by atoms with Crippen LogP contribution in [0.3, 0.4) is 0 Å². The van der Waals surface area contributed by atoms with E-state index in [9.17, 15) is 24.9 Å².